The van der Waals surface area contributed by atoms with E-state index in [4.69, 9.17) is 0 Å². The Morgan fingerprint density at radius 3 is 2.14 bits per heavy atom. The largest absolute Gasteiger partial charge is 0.356 e. The number of benzene rings is 1. The van der Waals surface area contributed by atoms with E-state index in [0.29, 0.717) is 5.92 Å². The van der Waals surface area contributed by atoms with Gasteiger partial charge in [0.15, 0.2) is 5.96 Å². The molecule has 1 aromatic carbocycles. The van der Waals surface area contributed by atoms with Crippen molar-refractivity contribution in [3.05, 3.63) is 35.4 Å². The highest BCUT2D eigenvalue weighted by atomic mass is 127. The van der Waals surface area contributed by atoms with Gasteiger partial charge in [0.1, 0.15) is 0 Å². The second kappa shape index (κ2) is 13.4. The van der Waals surface area contributed by atoms with Crippen molar-refractivity contribution < 1.29 is 0 Å². The van der Waals surface area contributed by atoms with Gasteiger partial charge in [-0.3, -0.25) is 9.89 Å². The first kappa shape index (κ1) is 24.4. The fourth-order valence-corrected chi connectivity index (χ4v) is 4.29. The van der Waals surface area contributed by atoms with Gasteiger partial charge < -0.3 is 15.5 Å². The molecule has 29 heavy (non-hydrogen) atoms. The maximum Gasteiger partial charge on any atom is 0.191 e. The number of halogens is 1. The van der Waals surface area contributed by atoms with Crippen LogP contribution in [0.2, 0.25) is 0 Å². The number of hydrogen-bond acceptors (Lipinski definition) is 3. The number of piperidine rings is 1. The second-order valence-corrected chi connectivity index (χ2v) is 8.57. The van der Waals surface area contributed by atoms with E-state index in [1.54, 1.807) is 0 Å². The molecule has 5 nitrogen and oxygen atoms in total. The number of guanidine groups is 1. The third kappa shape index (κ3) is 8.80. The van der Waals surface area contributed by atoms with E-state index in [0.717, 1.165) is 25.6 Å². The van der Waals surface area contributed by atoms with E-state index < -0.39 is 0 Å². The minimum absolute atomic E-state index is 0. The second-order valence-electron chi connectivity index (χ2n) is 8.57. The highest BCUT2D eigenvalue weighted by molar-refractivity contribution is 14.0. The Morgan fingerprint density at radius 1 is 0.897 bits per heavy atom. The third-order valence-corrected chi connectivity index (χ3v) is 5.95. The Labute approximate surface area is 194 Å². The number of aliphatic imine (C=N–C) groups is 1. The molecule has 0 amide bonds. The first-order valence-electron chi connectivity index (χ1n) is 11.2. The third-order valence-electron chi connectivity index (χ3n) is 5.95. The molecule has 2 heterocycles. The summed E-state index contributed by atoms with van der Waals surface area (Å²) < 4.78 is 0. The highest BCUT2D eigenvalue weighted by Crippen LogP contribution is 2.14. The number of nitrogens with one attached hydrogen (secondary N) is 2. The van der Waals surface area contributed by atoms with Gasteiger partial charge >= 0.3 is 0 Å². The van der Waals surface area contributed by atoms with Crippen LogP contribution in [-0.2, 0) is 13.1 Å². The maximum atomic E-state index is 4.38. The van der Waals surface area contributed by atoms with Gasteiger partial charge in [-0.15, -0.1) is 24.0 Å². The topological polar surface area (TPSA) is 42.9 Å². The maximum absolute atomic E-state index is 4.38. The zero-order valence-electron chi connectivity index (χ0n) is 18.3. The molecule has 2 aliphatic rings. The average molecular weight is 514 g/mol. The first-order chi connectivity index (χ1) is 13.7. The van der Waals surface area contributed by atoms with Crippen LogP contribution in [0, 0.1) is 5.92 Å². The van der Waals surface area contributed by atoms with Crippen LogP contribution in [0.15, 0.2) is 29.3 Å². The Hall–Kier alpha value is -0.860. The smallest absolute Gasteiger partial charge is 0.191 e. The van der Waals surface area contributed by atoms with Crippen molar-refractivity contribution in [2.24, 2.45) is 10.9 Å². The molecule has 1 unspecified atom stereocenters. The molecule has 1 atom stereocenters. The van der Waals surface area contributed by atoms with Crippen LogP contribution in [0.5, 0.6) is 0 Å². The highest BCUT2D eigenvalue weighted by Gasteiger charge is 2.15. The van der Waals surface area contributed by atoms with Crippen molar-refractivity contribution in [3.8, 4) is 0 Å². The minimum Gasteiger partial charge on any atom is -0.356 e. The van der Waals surface area contributed by atoms with E-state index in [1.807, 2.05) is 7.05 Å². The number of rotatable bonds is 8. The fourth-order valence-electron chi connectivity index (χ4n) is 4.29. The Morgan fingerprint density at radius 2 is 1.48 bits per heavy atom. The van der Waals surface area contributed by atoms with E-state index >= 15 is 0 Å². The minimum atomic E-state index is 0. The van der Waals surface area contributed by atoms with Gasteiger partial charge in [-0.2, -0.15) is 0 Å². The summed E-state index contributed by atoms with van der Waals surface area (Å²) in [5.74, 6) is 1.52. The van der Waals surface area contributed by atoms with Crippen molar-refractivity contribution >= 4 is 29.9 Å². The summed E-state index contributed by atoms with van der Waals surface area (Å²) in [5.41, 5.74) is 2.72. The molecule has 2 saturated heterocycles. The summed E-state index contributed by atoms with van der Waals surface area (Å²) in [6.07, 6.45) is 6.82. The van der Waals surface area contributed by atoms with Crippen molar-refractivity contribution in [1.29, 1.82) is 0 Å². The summed E-state index contributed by atoms with van der Waals surface area (Å²) in [4.78, 5) is 9.53. The molecule has 0 radical (unpaired) electrons. The molecular weight excluding hydrogens is 473 g/mol. The predicted molar refractivity (Wildman–Crippen MR) is 134 cm³/mol. The van der Waals surface area contributed by atoms with Crippen molar-refractivity contribution in [1.82, 2.24) is 20.4 Å². The standard InChI is InChI=1S/C23H39N5.HI/c1-20(18-27-14-6-7-15-27)16-25-23(24-2)26-17-21-8-10-22(11-9-21)19-28-12-4-3-5-13-28;/h8-11,20H,3-7,12-19H2,1-2H3,(H2,24,25,26);1H. The van der Waals surface area contributed by atoms with Crippen LogP contribution in [0.4, 0.5) is 0 Å². The van der Waals surface area contributed by atoms with Gasteiger partial charge in [-0.1, -0.05) is 37.6 Å². The molecule has 0 bridgehead atoms. The van der Waals surface area contributed by atoms with Gasteiger partial charge in [-0.05, 0) is 68.9 Å². The Balaban J connectivity index is 0.00000300. The molecule has 0 aromatic heterocycles. The van der Waals surface area contributed by atoms with E-state index in [9.17, 15) is 0 Å². The number of hydrogen-bond donors (Lipinski definition) is 2. The summed E-state index contributed by atoms with van der Waals surface area (Å²) >= 11 is 0. The molecule has 0 saturated carbocycles. The summed E-state index contributed by atoms with van der Waals surface area (Å²) in [5, 5.41) is 6.93. The zero-order chi connectivity index (χ0) is 19.6. The molecule has 1 aromatic rings. The number of likely N-dealkylation sites (tertiary alicyclic amines) is 2. The molecule has 3 rings (SSSR count). The molecule has 2 fully saturated rings. The van der Waals surface area contributed by atoms with Gasteiger partial charge in [0, 0.05) is 33.2 Å². The van der Waals surface area contributed by atoms with Crippen LogP contribution in [0.1, 0.15) is 50.2 Å². The first-order valence-corrected chi connectivity index (χ1v) is 11.2. The molecule has 0 spiro atoms. The van der Waals surface area contributed by atoms with Crippen LogP contribution >= 0.6 is 24.0 Å². The van der Waals surface area contributed by atoms with Crippen LogP contribution < -0.4 is 10.6 Å². The zero-order valence-corrected chi connectivity index (χ0v) is 20.7. The van der Waals surface area contributed by atoms with Gasteiger partial charge in [0.25, 0.3) is 0 Å². The SMILES string of the molecule is CN=C(NCc1ccc(CN2CCCCC2)cc1)NCC(C)CN1CCCC1.I. The normalized spacial score (nSPS) is 19.6. The monoisotopic (exact) mass is 513 g/mol. The fraction of sp³-hybridized carbons (Fsp3) is 0.696. The van der Waals surface area contributed by atoms with E-state index in [1.165, 1.54) is 76.0 Å². The Kier molecular flexibility index (Phi) is 11.3. The van der Waals surface area contributed by atoms with Crippen molar-refractivity contribution in [2.75, 3.05) is 46.3 Å². The lowest BCUT2D eigenvalue weighted by Crippen LogP contribution is -2.41. The lowest BCUT2D eigenvalue weighted by molar-refractivity contribution is 0.221. The number of nitrogens with zero attached hydrogens (tertiary/aromatic N) is 3. The lowest BCUT2D eigenvalue weighted by Gasteiger charge is -2.26. The quantitative estimate of drug-likeness (QED) is 0.316. The molecule has 6 heteroatoms. The lowest BCUT2D eigenvalue weighted by atomic mass is 10.1. The molecule has 2 N–H and O–H groups in total. The van der Waals surface area contributed by atoms with Gasteiger partial charge in [0.2, 0.25) is 0 Å². The molecular formula is C23H40IN5. The van der Waals surface area contributed by atoms with Crippen molar-refractivity contribution in [3.63, 3.8) is 0 Å². The van der Waals surface area contributed by atoms with E-state index in [2.05, 4.69) is 56.6 Å². The molecule has 2 aliphatic heterocycles. The van der Waals surface area contributed by atoms with Gasteiger partial charge in [0.05, 0.1) is 0 Å². The van der Waals surface area contributed by atoms with Gasteiger partial charge in [-0.25, -0.2) is 0 Å². The molecule has 164 valence electrons. The summed E-state index contributed by atoms with van der Waals surface area (Å²) in [7, 11) is 1.85. The van der Waals surface area contributed by atoms with E-state index in [-0.39, 0.29) is 24.0 Å². The summed E-state index contributed by atoms with van der Waals surface area (Å²) in [6.45, 7) is 11.4. The van der Waals surface area contributed by atoms with Crippen LogP contribution in [-0.4, -0.2) is 62.1 Å². The van der Waals surface area contributed by atoms with Crippen LogP contribution in [0.3, 0.4) is 0 Å². The Bertz CT molecular complexity index is 592. The van der Waals surface area contributed by atoms with Crippen LogP contribution in [0.25, 0.3) is 0 Å². The summed E-state index contributed by atoms with van der Waals surface area (Å²) in [6, 6.07) is 9.05. The van der Waals surface area contributed by atoms with Crippen molar-refractivity contribution in [2.45, 2.75) is 52.1 Å². The predicted octanol–water partition coefficient (Wildman–Crippen LogP) is 3.69. The average Bonchev–Trinajstić information content (AvgIpc) is 3.23. The molecule has 0 aliphatic carbocycles.